The number of ether oxygens (including phenoxy) is 3. The number of nitrogens with zero attached hydrogens (tertiary/aromatic N) is 2. The third-order valence-electron chi connectivity index (χ3n) is 5.42. The van der Waals surface area contributed by atoms with Gasteiger partial charge in [-0.3, -0.25) is 9.89 Å². The minimum atomic E-state index is 0.157. The van der Waals surface area contributed by atoms with E-state index in [2.05, 4.69) is 26.6 Å². The lowest BCUT2D eigenvalue weighted by Crippen LogP contribution is -2.44. The van der Waals surface area contributed by atoms with Crippen LogP contribution >= 0.6 is 11.6 Å². The van der Waals surface area contributed by atoms with Gasteiger partial charge in [-0.2, -0.15) is 0 Å². The molecule has 1 unspecified atom stereocenters. The molecule has 2 aromatic rings. The normalized spacial score (nSPS) is 18.2. The summed E-state index contributed by atoms with van der Waals surface area (Å²) in [4.78, 5) is 6.81. The molecule has 2 heterocycles. The molecule has 1 saturated heterocycles. The molecule has 166 valence electrons. The molecule has 0 amide bonds. The van der Waals surface area contributed by atoms with Crippen LogP contribution in [0.25, 0.3) is 0 Å². The van der Waals surface area contributed by atoms with E-state index in [9.17, 15) is 0 Å². The lowest BCUT2D eigenvalue weighted by Gasteiger charge is -2.35. The second kappa shape index (κ2) is 10.7. The fourth-order valence-electron chi connectivity index (χ4n) is 3.81. The van der Waals surface area contributed by atoms with E-state index in [0.29, 0.717) is 25.7 Å². The van der Waals surface area contributed by atoms with Gasteiger partial charge >= 0.3 is 0 Å². The van der Waals surface area contributed by atoms with Crippen LogP contribution in [-0.4, -0.2) is 64.0 Å². The minimum Gasteiger partial charge on any atom is -0.490 e. The first-order chi connectivity index (χ1) is 15.2. The number of anilines is 1. The first-order valence-electron chi connectivity index (χ1n) is 10.7. The van der Waals surface area contributed by atoms with Crippen molar-refractivity contribution in [2.24, 2.45) is 4.99 Å². The van der Waals surface area contributed by atoms with Crippen molar-refractivity contribution in [2.45, 2.75) is 12.5 Å². The number of morpholine rings is 1. The van der Waals surface area contributed by atoms with Crippen molar-refractivity contribution in [3.05, 3.63) is 53.1 Å². The predicted molar refractivity (Wildman–Crippen MR) is 124 cm³/mol. The molecule has 2 N–H and O–H groups in total. The molecule has 31 heavy (non-hydrogen) atoms. The second-order valence-electron chi connectivity index (χ2n) is 7.51. The van der Waals surface area contributed by atoms with Gasteiger partial charge in [-0.1, -0.05) is 23.7 Å². The molecule has 2 aliphatic heterocycles. The molecule has 4 rings (SSSR count). The molecule has 0 aromatic heterocycles. The maximum Gasteiger partial charge on any atom is 0.195 e. The molecule has 1 fully saturated rings. The number of aliphatic imine (C=N–C) groups is 1. The lowest BCUT2D eigenvalue weighted by molar-refractivity contribution is 0.0170. The number of nitrogens with one attached hydrogen (secondary N) is 2. The zero-order valence-electron chi connectivity index (χ0n) is 17.8. The highest BCUT2D eigenvalue weighted by atomic mass is 35.5. The van der Waals surface area contributed by atoms with Crippen LogP contribution in [0.15, 0.2) is 47.5 Å². The molecule has 0 radical (unpaired) electrons. The van der Waals surface area contributed by atoms with E-state index in [1.165, 1.54) is 5.56 Å². The fourth-order valence-corrected chi connectivity index (χ4v) is 4.01. The van der Waals surface area contributed by atoms with Gasteiger partial charge in [-0.15, -0.1) is 0 Å². The van der Waals surface area contributed by atoms with Crippen LogP contribution in [0, 0.1) is 0 Å². The number of hydrogen-bond donors (Lipinski definition) is 2. The molecule has 0 aliphatic carbocycles. The Kier molecular flexibility index (Phi) is 7.51. The summed E-state index contributed by atoms with van der Waals surface area (Å²) in [6.45, 7) is 5.26. The Bertz CT molecular complexity index is 902. The van der Waals surface area contributed by atoms with Gasteiger partial charge in [0.1, 0.15) is 0 Å². The Hall–Kier alpha value is -2.48. The molecule has 7 nitrogen and oxygen atoms in total. The van der Waals surface area contributed by atoms with Gasteiger partial charge in [-0.25, -0.2) is 0 Å². The minimum absolute atomic E-state index is 0.157. The molecule has 0 spiro atoms. The lowest BCUT2D eigenvalue weighted by atomic mass is 10.0. The number of fused-ring (bicyclic) bond motifs is 1. The predicted octanol–water partition coefficient (Wildman–Crippen LogP) is 3.56. The smallest absolute Gasteiger partial charge is 0.195 e. The quantitative estimate of drug-likeness (QED) is 0.543. The van der Waals surface area contributed by atoms with E-state index < -0.39 is 0 Å². The second-order valence-corrected chi connectivity index (χ2v) is 7.95. The van der Waals surface area contributed by atoms with Crippen molar-refractivity contribution in [3.8, 4) is 11.5 Å². The molecule has 2 aromatic carbocycles. The number of guanidine groups is 1. The molecular formula is C23H29ClN4O3. The van der Waals surface area contributed by atoms with Crippen LogP contribution < -0.4 is 20.1 Å². The van der Waals surface area contributed by atoms with Gasteiger partial charge in [0.15, 0.2) is 17.5 Å². The third-order valence-corrected chi connectivity index (χ3v) is 5.65. The molecular weight excluding hydrogens is 416 g/mol. The van der Waals surface area contributed by atoms with Crippen LogP contribution in [0.2, 0.25) is 5.02 Å². The summed E-state index contributed by atoms with van der Waals surface area (Å²) < 4.78 is 17.1. The highest BCUT2D eigenvalue weighted by Gasteiger charge is 2.23. The topological polar surface area (TPSA) is 67.4 Å². The van der Waals surface area contributed by atoms with Crippen LogP contribution in [0.4, 0.5) is 5.69 Å². The maximum atomic E-state index is 6.27. The SMILES string of the molecule is CN=C(NCC(c1cccc(Cl)c1)N1CCOCC1)Nc1ccc2c(c1)OCCCO2. The van der Waals surface area contributed by atoms with Crippen molar-refractivity contribution in [3.63, 3.8) is 0 Å². The first kappa shape index (κ1) is 21.7. The van der Waals surface area contributed by atoms with Gasteiger partial charge in [0.05, 0.1) is 32.5 Å². The molecule has 0 saturated carbocycles. The van der Waals surface area contributed by atoms with Crippen molar-refractivity contribution < 1.29 is 14.2 Å². The largest absolute Gasteiger partial charge is 0.490 e. The van der Waals surface area contributed by atoms with Crippen LogP contribution in [0.1, 0.15) is 18.0 Å². The van der Waals surface area contributed by atoms with Gasteiger partial charge in [0.25, 0.3) is 0 Å². The zero-order valence-corrected chi connectivity index (χ0v) is 18.5. The van der Waals surface area contributed by atoms with Crippen molar-refractivity contribution in [1.29, 1.82) is 0 Å². The van der Waals surface area contributed by atoms with E-state index in [1.54, 1.807) is 7.05 Å². The molecule has 0 bridgehead atoms. The summed E-state index contributed by atoms with van der Waals surface area (Å²) in [5.41, 5.74) is 2.07. The Labute approximate surface area is 188 Å². The number of rotatable bonds is 5. The highest BCUT2D eigenvalue weighted by molar-refractivity contribution is 6.30. The van der Waals surface area contributed by atoms with Gasteiger partial charge in [-0.05, 0) is 29.8 Å². The van der Waals surface area contributed by atoms with Crippen LogP contribution in [0.5, 0.6) is 11.5 Å². The zero-order chi connectivity index (χ0) is 21.5. The van der Waals surface area contributed by atoms with E-state index >= 15 is 0 Å². The molecule has 1 atom stereocenters. The summed E-state index contributed by atoms with van der Waals surface area (Å²) >= 11 is 6.27. The van der Waals surface area contributed by atoms with E-state index in [0.717, 1.165) is 54.9 Å². The van der Waals surface area contributed by atoms with Gasteiger partial charge in [0.2, 0.25) is 0 Å². The standard InChI is InChI=1S/C23H29ClN4O3/c1-25-23(27-19-6-7-21-22(15-19)31-11-3-10-30-21)26-16-20(28-8-12-29-13-9-28)17-4-2-5-18(24)14-17/h2,4-7,14-15,20H,3,8-13,16H2,1H3,(H2,25,26,27). The average Bonchev–Trinajstić information content (AvgIpc) is 3.04. The van der Waals surface area contributed by atoms with Gasteiger partial charge in [0, 0.05) is 49.9 Å². The summed E-state index contributed by atoms with van der Waals surface area (Å²) in [6.07, 6.45) is 0.882. The Morgan fingerprint density at radius 3 is 2.65 bits per heavy atom. The summed E-state index contributed by atoms with van der Waals surface area (Å²) in [7, 11) is 1.77. The summed E-state index contributed by atoms with van der Waals surface area (Å²) in [5, 5.41) is 7.56. The molecule has 8 heteroatoms. The monoisotopic (exact) mass is 444 g/mol. The summed E-state index contributed by atoms with van der Waals surface area (Å²) in [6, 6.07) is 14.1. The van der Waals surface area contributed by atoms with Crippen LogP contribution in [0.3, 0.4) is 0 Å². The third kappa shape index (κ3) is 5.81. The van der Waals surface area contributed by atoms with Crippen molar-refractivity contribution in [2.75, 3.05) is 58.4 Å². The highest BCUT2D eigenvalue weighted by Crippen LogP contribution is 2.32. The summed E-state index contributed by atoms with van der Waals surface area (Å²) in [5.74, 6) is 2.22. The number of benzene rings is 2. The van der Waals surface area contributed by atoms with Crippen molar-refractivity contribution in [1.82, 2.24) is 10.2 Å². The number of halogens is 1. The van der Waals surface area contributed by atoms with E-state index in [-0.39, 0.29) is 6.04 Å². The maximum absolute atomic E-state index is 6.27. The Balaban J connectivity index is 1.44. The fraction of sp³-hybridized carbons (Fsp3) is 0.435. The van der Waals surface area contributed by atoms with E-state index in [4.69, 9.17) is 25.8 Å². The number of hydrogen-bond acceptors (Lipinski definition) is 5. The van der Waals surface area contributed by atoms with Crippen molar-refractivity contribution >= 4 is 23.2 Å². The Morgan fingerprint density at radius 1 is 1.06 bits per heavy atom. The Morgan fingerprint density at radius 2 is 1.87 bits per heavy atom. The van der Waals surface area contributed by atoms with E-state index in [1.807, 2.05) is 36.4 Å². The van der Waals surface area contributed by atoms with Gasteiger partial charge < -0.3 is 24.8 Å². The first-order valence-corrected chi connectivity index (χ1v) is 11.1. The molecule has 2 aliphatic rings. The average molecular weight is 445 g/mol. The van der Waals surface area contributed by atoms with Crippen LogP contribution in [-0.2, 0) is 4.74 Å².